The smallest absolute Gasteiger partial charge is 0.128 e. The van der Waals surface area contributed by atoms with Crippen molar-refractivity contribution in [2.24, 2.45) is 0 Å². The minimum absolute atomic E-state index is 0.435. The van der Waals surface area contributed by atoms with Crippen molar-refractivity contribution in [2.75, 3.05) is 30.9 Å². The zero-order chi connectivity index (χ0) is 14.7. The Labute approximate surface area is 121 Å². The summed E-state index contributed by atoms with van der Waals surface area (Å²) in [7, 11) is 6.26. The van der Waals surface area contributed by atoms with Gasteiger partial charge in [0, 0.05) is 39.6 Å². The highest BCUT2D eigenvalue weighted by molar-refractivity contribution is 5.70. The molecular formula is C16H24N4. The van der Waals surface area contributed by atoms with E-state index in [1.807, 2.05) is 12.4 Å². The number of anilines is 2. The summed E-state index contributed by atoms with van der Waals surface area (Å²) in [6.45, 7) is 5.16. The van der Waals surface area contributed by atoms with Crippen LogP contribution >= 0.6 is 0 Å². The van der Waals surface area contributed by atoms with Crippen molar-refractivity contribution in [1.29, 1.82) is 0 Å². The molecule has 1 aromatic carbocycles. The van der Waals surface area contributed by atoms with Crippen molar-refractivity contribution >= 4 is 11.4 Å². The fraction of sp³-hybridized carbons (Fsp3) is 0.438. The Morgan fingerprint density at radius 1 is 1.10 bits per heavy atom. The molecular weight excluding hydrogens is 248 g/mol. The number of hydrogen-bond donors (Lipinski definition) is 0. The van der Waals surface area contributed by atoms with Crippen LogP contribution in [0.3, 0.4) is 0 Å². The van der Waals surface area contributed by atoms with Gasteiger partial charge in [-0.1, -0.05) is 12.1 Å². The number of imidazole rings is 1. The van der Waals surface area contributed by atoms with Gasteiger partial charge in [0.25, 0.3) is 0 Å². The van der Waals surface area contributed by atoms with Crippen molar-refractivity contribution < 1.29 is 0 Å². The normalized spacial score (nSPS) is 10.9. The SMILES string of the molecule is CC(C)n1ccnc1CN(C)c1ccccc1N(C)C. The number of aromatic nitrogens is 2. The summed E-state index contributed by atoms with van der Waals surface area (Å²) in [5, 5.41) is 0. The lowest BCUT2D eigenvalue weighted by atomic mass is 10.2. The van der Waals surface area contributed by atoms with Crippen molar-refractivity contribution in [3.05, 3.63) is 42.5 Å². The molecule has 0 radical (unpaired) electrons. The average Bonchev–Trinajstić information content (AvgIpc) is 2.87. The van der Waals surface area contributed by atoms with Gasteiger partial charge in [-0.25, -0.2) is 4.98 Å². The summed E-state index contributed by atoms with van der Waals surface area (Å²) < 4.78 is 2.22. The van der Waals surface area contributed by atoms with E-state index in [0.717, 1.165) is 12.4 Å². The van der Waals surface area contributed by atoms with Crippen molar-refractivity contribution in [3.8, 4) is 0 Å². The van der Waals surface area contributed by atoms with Gasteiger partial charge in [-0.3, -0.25) is 0 Å². The fourth-order valence-electron chi connectivity index (χ4n) is 2.40. The van der Waals surface area contributed by atoms with E-state index in [4.69, 9.17) is 0 Å². The molecule has 0 spiro atoms. The first-order valence-electron chi connectivity index (χ1n) is 7.00. The van der Waals surface area contributed by atoms with Gasteiger partial charge in [-0.15, -0.1) is 0 Å². The molecule has 0 unspecified atom stereocenters. The van der Waals surface area contributed by atoms with Crippen LogP contribution in [0, 0.1) is 0 Å². The minimum Gasteiger partial charge on any atom is -0.376 e. The van der Waals surface area contributed by atoms with Gasteiger partial charge in [0.15, 0.2) is 0 Å². The third-order valence-electron chi connectivity index (χ3n) is 3.46. The second-order valence-corrected chi connectivity index (χ2v) is 5.58. The molecule has 0 bridgehead atoms. The molecule has 0 N–H and O–H groups in total. The van der Waals surface area contributed by atoms with Crippen molar-refractivity contribution in [1.82, 2.24) is 9.55 Å². The molecule has 0 aliphatic rings. The summed E-state index contributed by atoms with van der Waals surface area (Å²) in [4.78, 5) is 8.87. The average molecular weight is 272 g/mol. The molecule has 2 rings (SSSR count). The summed E-state index contributed by atoms with van der Waals surface area (Å²) in [6, 6.07) is 8.87. The van der Waals surface area contributed by atoms with Crippen LogP contribution in [0.1, 0.15) is 25.7 Å². The quantitative estimate of drug-likeness (QED) is 0.835. The maximum absolute atomic E-state index is 4.49. The van der Waals surface area contributed by atoms with Crippen molar-refractivity contribution in [2.45, 2.75) is 26.4 Å². The predicted molar refractivity (Wildman–Crippen MR) is 85.5 cm³/mol. The molecule has 108 valence electrons. The van der Waals surface area contributed by atoms with Crippen LogP contribution in [0.2, 0.25) is 0 Å². The second-order valence-electron chi connectivity index (χ2n) is 5.58. The number of para-hydroxylation sites is 2. The Morgan fingerprint density at radius 3 is 2.35 bits per heavy atom. The van der Waals surface area contributed by atoms with Crippen LogP contribution in [0.4, 0.5) is 11.4 Å². The first-order valence-corrected chi connectivity index (χ1v) is 7.00. The molecule has 0 saturated heterocycles. The molecule has 4 nitrogen and oxygen atoms in total. The number of hydrogen-bond acceptors (Lipinski definition) is 3. The lowest BCUT2D eigenvalue weighted by molar-refractivity contribution is 0.565. The standard InChI is InChI=1S/C16H24N4/c1-13(2)20-11-10-17-16(20)12-19(5)15-9-7-6-8-14(15)18(3)4/h6-11,13H,12H2,1-5H3. The molecule has 20 heavy (non-hydrogen) atoms. The van der Waals surface area contributed by atoms with Gasteiger partial charge in [0.2, 0.25) is 0 Å². The number of benzene rings is 1. The van der Waals surface area contributed by atoms with E-state index in [2.05, 4.69) is 78.6 Å². The van der Waals surface area contributed by atoms with Crippen LogP contribution in [0.5, 0.6) is 0 Å². The lowest BCUT2D eigenvalue weighted by Gasteiger charge is -2.26. The topological polar surface area (TPSA) is 24.3 Å². The highest BCUT2D eigenvalue weighted by Gasteiger charge is 2.12. The van der Waals surface area contributed by atoms with Crippen LogP contribution < -0.4 is 9.80 Å². The van der Waals surface area contributed by atoms with Crippen LogP contribution in [0.25, 0.3) is 0 Å². The first-order chi connectivity index (χ1) is 9.50. The first kappa shape index (κ1) is 14.4. The highest BCUT2D eigenvalue weighted by Crippen LogP contribution is 2.27. The minimum atomic E-state index is 0.435. The molecule has 2 aromatic rings. The zero-order valence-electron chi connectivity index (χ0n) is 13.0. The third kappa shape index (κ3) is 2.95. The van der Waals surface area contributed by atoms with E-state index in [0.29, 0.717) is 6.04 Å². The maximum Gasteiger partial charge on any atom is 0.128 e. The van der Waals surface area contributed by atoms with Crippen LogP contribution in [-0.4, -0.2) is 30.7 Å². The Hall–Kier alpha value is -1.97. The molecule has 0 fully saturated rings. The van der Waals surface area contributed by atoms with Gasteiger partial charge in [-0.05, 0) is 26.0 Å². The lowest BCUT2D eigenvalue weighted by Crippen LogP contribution is -2.22. The molecule has 0 amide bonds. The van der Waals surface area contributed by atoms with E-state index < -0.39 is 0 Å². The molecule has 1 heterocycles. The molecule has 1 aromatic heterocycles. The van der Waals surface area contributed by atoms with Gasteiger partial charge >= 0.3 is 0 Å². The number of rotatable bonds is 5. The monoisotopic (exact) mass is 272 g/mol. The van der Waals surface area contributed by atoms with E-state index in [1.54, 1.807) is 0 Å². The fourth-order valence-corrected chi connectivity index (χ4v) is 2.40. The summed E-state index contributed by atoms with van der Waals surface area (Å²) in [6.07, 6.45) is 3.92. The van der Waals surface area contributed by atoms with Crippen molar-refractivity contribution in [3.63, 3.8) is 0 Å². The van der Waals surface area contributed by atoms with E-state index in [-0.39, 0.29) is 0 Å². The van der Waals surface area contributed by atoms with Crippen LogP contribution in [-0.2, 0) is 6.54 Å². The molecule has 4 heteroatoms. The van der Waals surface area contributed by atoms with E-state index in [9.17, 15) is 0 Å². The van der Waals surface area contributed by atoms with Gasteiger partial charge in [0.05, 0.1) is 17.9 Å². The summed E-state index contributed by atoms with van der Waals surface area (Å²) in [5.74, 6) is 1.09. The molecule has 0 aliphatic carbocycles. The van der Waals surface area contributed by atoms with Gasteiger partial charge < -0.3 is 14.4 Å². The highest BCUT2D eigenvalue weighted by atomic mass is 15.2. The van der Waals surface area contributed by atoms with Gasteiger partial charge in [-0.2, -0.15) is 0 Å². The summed E-state index contributed by atoms with van der Waals surface area (Å²) in [5.41, 5.74) is 2.44. The molecule has 0 atom stereocenters. The predicted octanol–water partition coefficient (Wildman–Crippen LogP) is 3.17. The Bertz CT molecular complexity index is 557. The largest absolute Gasteiger partial charge is 0.376 e. The third-order valence-corrected chi connectivity index (χ3v) is 3.46. The Kier molecular flexibility index (Phi) is 4.32. The molecule has 0 saturated carbocycles. The van der Waals surface area contributed by atoms with Crippen LogP contribution in [0.15, 0.2) is 36.7 Å². The van der Waals surface area contributed by atoms with E-state index in [1.165, 1.54) is 11.4 Å². The van der Waals surface area contributed by atoms with Gasteiger partial charge in [0.1, 0.15) is 5.82 Å². The second kappa shape index (κ2) is 5.99. The number of nitrogens with zero attached hydrogens (tertiary/aromatic N) is 4. The Balaban J connectivity index is 2.24. The summed E-state index contributed by atoms with van der Waals surface area (Å²) >= 11 is 0. The Morgan fingerprint density at radius 2 is 1.75 bits per heavy atom. The zero-order valence-corrected chi connectivity index (χ0v) is 13.0. The molecule has 0 aliphatic heterocycles. The van der Waals surface area contributed by atoms with E-state index >= 15 is 0 Å². The maximum atomic E-state index is 4.49.